The van der Waals surface area contributed by atoms with Crippen LogP contribution >= 0.6 is 0 Å². The van der Waals surface area contributed by atoms with Gasteiger partial charge in [0.2, 0.25) is 0 Å². The summed E-state index contributed by atoms with van der Waals surface area (Å²) in [6.07, 6.45) is 0. The van der Waals surface area contributed by atoms with Crippen LogP contribution in [0.5, 0.6) is 0 Å². The first-order valence-corrected chi connectivity index (χ1v) is 6.66. The van der Waals surface area contributed by atoms with Crippen LogP contribution < -0.4 is 5.73 Å². The average Bonchev–Trinajstić information content (AvgIpc) is 1.98. The molecule has 112 valence electrons. The topological polar surface area (TPSA) is 110 Å². The molecule has 18 heavy (non-hydrogen) atoms. The van der Waals surface area contributed by atoms with Crippen molar-refractivity contribution >= 4 is 20.0 Å². The molecule has 0 heterocycles. The fraction of sp³-hybridized carbons (Fsp3) is 1.00. The lowest BCUT2D eigenvalue weighted by atomic mass is 10.8. The van der Waals surface area contributed by atoms with Gasteiger partial charge in [-0.15, -0.1) is 0 Å². The first-order valence-electron chi connectivity index (χ1n) is 3.78. The molecule has 0 rings (SSSR count). The van der Waals surface area contributed by atoms with E-state index in [0.717, 1.165) is 10.7 Å². The van der Waals surface area contributed by atoms with Crippen molar-refractivity contribution in [3.63, 3.8) is 0 Å². The van der Waals surface area contributed by atoms with Gasteiger partial charge in [-0.1, -0.05) is 0 Å². The lowest BCUT2D eigenvalue weighted by Crippen LogP contribution is -2.48. The Morgan fingerprint density at radius 1 is 0.889 bits per heavy atom. The highest BCUT2D eigenvalue weighted by Gasteiger charge is 2.46. The molecule has 0 unspecified atom stereocenters. The maximum atomic E-state index is 11.4. The fourth-order valence-electron chi connectivity index (χ4n) is 0.214. The van der Waals surface area contributed by atoms with Crippen molar-refractivity contribution in [1.29, 1.82) is 0 Å². The Labute approximate surface area is 98.2 Å². The number of quaternary nitrogens is 1. The highest BCUT2D eigenvalue weighted by Crippen LogP contribution is 2.36. The van der Waals surface area contributed by atoms with Gasteiger partial charge >= 0.3 is 11.0 Å². The maximum Gasteiger partial charge on any atom is 0.480 e. The Kier molecular flexibility index (Phi) is 6.61. The smallest absolute Gasteiger partial charge is 0.421 e. The molecule has 0 aliphatic carbocycles. The van der Waals surface area contributed by atoms with E-state index < -0.39 is 31.1 Å². The van der Waals surface area contributed by atoms with Crippen molar-refractivity contribution in [2.45, 2.75) is 17.9 Å². The summed E-state index contributed by atoms with van der Waals surface area (Å²) in [6, 6.07) is 0. The predicted molar refractivity (Wildman–Crippen MR) is 46.7 cm³/mol. The first kappa shape index (κ1) is 19.7. The molecule has 14 heteroatoms. The van der Waals surface area contributed by atoms with E-state index in [2.05, 4.69) is 5.73 Å². The number of alkyl halides is 6. The summed E-state index contributed by atoms with van der Waals surface area (Å²) in [7, 11) is -13.4. The SMILES string of the molecule is CC[NH3+].O=S(=O)([N-]S(=O)(=O)C(F)(F)F)C(F)(F)F. The maximum absolute atomic E-state index is 11.4. The summed E-state index contributed by atoms with van der Waals surface area (Å²) in [6.45, 7) is 3.01. The van der Waals surface area contributed by atoms with Crippen molar-refractivity contribution in [2.75, 3.05) is 6.54 Å². The van der Waals surface area contributed by atoms with Gasteiger partial charge in [0.1, 0.15) is 0 Å². The van der Waals surface area contributed by atoms with E-state index in [9.17, 15) is 43.2 Å². The van der Waals surface area contributed by atoms with Gasteiger partial charge < -0.3 is 9.86 Å². The molecule has 0 fully saturated rings. The third-order valence-electron chi connectivity index (χ3n) is 0.781. The second kappa shape index (κ2) is 6.03. The summed E-state index contributed by atoms with van der Waals surface area (Å²) in [4.78, 5) is 0. The van der Waals surface area contributed by atoms with Gasteiger partial charge in [-0.3, -0.25) is 0 Å². The van der Waals surface area contributed by atoms with E-state index in [0.29, 0.717) is 0 Å². The molecule has 3 N–H and O–H groups in total. The summed E-state index contributed by atoms with van der Waals surface area (Å²) < 4.78 is 109. The van der Waals surface area contributed by atoms with Crippen LogP contribution in [0.1, 0.15) is 6.92 Å². The van der Waals surface area contributed by atoms with Gasteiger partial charge in [0.25, 0.3) is 0 Å². The molecular formula is C4H8F6N2O4S2. The Hall–Kier alpha value is -0.600. The molecule has 0 radical (unpaired) electrons. The van der Waals surface area contributed by atoms with Gasteiger partial charge in [0, 0.05) is 0 Å². The molecular weight excluding hydrogens is 318 g/mol. The molecule has 0 amide bonds. The Balaban J connectivity index is 0. The minimum Gasteiger partial charge on any atom is -0.421 e. The molecule has 0 atom stereocenters. The number of hydrogen-bond acceptors (Lipinski definition) is 4. The zero-order valence-electron chi connectivity index (χ0n) is 8.58. The van der Waals surface area contributed by atoms with Crippen molar-refractivity contribution in [3.8, 4) is 0 Å². The van der Waals surface area contributed by atoms with Gasteiger partial charge in [0.05, 0.1) is 6.54 Å². The van der Waals surface area contributed by atoms with E-state index in [-0.39, 0.29) is 0 Å². The molecule has 0 bridgehead atoms. The highest BCUT2D eigenvalue weighted by molar-refractivity contribution is 8.12. The van der Waals surface area contributed by atoms with Gasteiger partial charge in [-0.05, 0) is 6.92 Å². The summed E-state index contributed by atoms with van der Waals surface area (Å²) >= 11 is 0. The summed E-state index contributed by atoms with van der Waals surface area (Å²) in [5, 5.41) is 0. The van der Waals surface area contributed by atoms with Gasteiger partial charge in [-0.25, -0.2) is 16.8 Å². The molecule has 0 aromatic rings. The molecule has 0 saturated carbocycles. The van der Waals surface area contributed by atoms with E-state index in [1.807, 2.05) is 6.92 Å². The van der Waals surface area contributed by atoms with E-state index in [1.165, 1.54) is 0 Å². The first-order chi connectivity index (χ1) is 7.62. The van der Waals surface area contributed by atoms with Crippen LogP contribution in [0.25, 0.3) is 4.13 Å². The van der Waals surface area contributed by atoms with Crippen molar-refractivity contribution in [3.05, 3.63) is 4.13 Å². The number of hydrogen-bond donors (Lipinski definition) is 1. The second-order valence-corrected chi connectivity index (χ2v) is 5.84. The summed E-state index contributed by atoms with van der Waals surface area (Å²) in [5.41, 5.74) is -8.92. The van der Waals surface area contributed by atoms with E-state index >= 15 is 0 Å². The molecule has 0 spiro atoms. The van der Waals surface area contributed by atoms with Crippen LogP contribution in [0.15, 0.2) is 0 Å². The van der Waals surface area contributed by atoms with Crippen LogP contribution in [0.4, 0.5) is 26.3 Å². The summed E-state index contributed by atoms with van der Waals surface area (Å²) in [5.74, 6) is 0. The van der Waals surface area contributed by atoms with E-state index in [1.54, 1.807) is 0 Å². The standard InChI is InChI=1S/C2F6NO4S2.C2H7N/c3-1(4,5)14(10,11)9-15(12,13)2(6,7)8;1-2-3/h;2-3H2,1H3/q-1;/p+1. The molecule has 0 aromatic heterocycles. The van der Waals surface area contributed by atoms with Crippen molar-refractivity contribution < 1.29 is 48.9 Å². The number of rotatable bonds is 2. The number of sulfonamides is 2. The fourth-order valence-corrected chi connectivity index (χ4v) is 1.92. The molecule has 0 aromatic carbocycles. The number of nitrogens with zero attached hydrogens (tertiary/aromatic N) is 1. The lowest BCUT2D eigenvalue weighted by Gasteiger charge is -2.22. The van der Waals surface area contributed by atoms with Crippen LogP contribution in [0.3, 0.4) is 0 Å². The minimum atomic E-state index is -6.72. The van der Waals surface area contributed by atoms with Crippen molar-refractivity contribution in [2.24, 2.45) is 0 Å². The van der Waals surface area contributed by atoms with Crippen molar-refractivity contribution in [1.82, 2.24) is 0 Å². The Morgan fingerprint density at radius 2 is 1.06 bits per heavy atom. The van der Waals surface area contributed by atoms with Crippen LogP contribution in [0.2, 0.25) is 0 Å². The average molecular weight is 326 g/mol. The second-order valence-electron chi connectivity index (χ2n) is 2.42. The normalized spacial score (nSPS) is 13.8. The zero-order valence-corrected chi connectivity index (χ0v) is 10.2. The number of halogens is 6. The van der Waals surface area contributed by atoms with Gasteiger partial charge in [-0.2, -0.15) is 26.3 Å². The van der Waals surface area contributed by atoms with E-state index in [4.69, 9.17) is 0 Å². The van der Waals surface area contributed by atoms with Gasteiger partial charge in [0.15, 0.2) is 20.0 Å². The minimum absolute atomic E-state index is 0.778. The Bertz CT molecular complexity index is 407. The lowest BCUT2D eigenvalue weighted by molar-refractivity contribution is -0.361. The molecule has 6 nitrogen and oxygen atoms in total. The van der Waals surface area contributed by atoms with Crippen LogP contribution in [-0.2, 0) is 20.0 Å². The molecule has 0 saturated heterocycles. The molecule has 0 aliphatic rings. The highest BCUT2D eigenvalue weighted by atomic mass is 32.3. The zero-order chi connectivity index (χ0) is 15.4. The monoisotopic (exact) mass is 326 g/mol. The molecule has 0 aliphatic heterocycles. The van der Waals surface area contributed by atoms with Crippen LogP contribution in [0, 0.1) is 0 Å². The third-order valence-corrected chi connectivity index (χ3v) is 3.52. The van der Waals surface area contributed by atoms with Crippen LogP contribution in [-0.4, -0.2) is 34.4 Å². The largest absolute Gasteiger partial charge is 0.480 e. The Morgan fingerprint density at radius 3 is 1.17 bits per heavy atom. The quantitative estimate of drug-likeness (QED) is 0.736. The predicted octanol–water partition coefficient (Wildman–Crippen LogP) is 0.308. The third kappa shape index (κ3) is 5.83.